The first-order valence-electron chi connectivity index (χ1n) is 17.1. The summed E-state index contributed by atoms with van der Waals surface area (Å²) in [5, 5.41) is 3.52. The van der Waals surface area contributed by atoms with Crippen molar-refractivity contribution < 1.29 is 55.6 Å². The summed E-state index contributed by atoms with van der Waals surface area (Å²) >= 11 is 2.55. The summed E-state index contributed by atoms with van der Waals surface area (Å²) in [6, 6.07) is 12.2. The van der Waals surface area contributed by atoms with E-state index in [0.717, 1.165) is 39.7 Å². The molecular formula is C41H34F4N4O8S2. The Hall–Kier alpha value is -6.66. The summed E-state index contributed by atoms with van der Waals surface area (Å²) in [6.45, 7) is 0. The highest BCUT2D eigenvalue weighted by Crippen LogP contribution is 2.40. The molecule has 0 fully saturated rings. The van der Waals surface area contributed by atoms with Gasteiger partial charge in [-0.05, 0) is 72.8 Å². The number of imidazole rings is 2. The molecule has 0 amide bonds. The molecule has 7 aromatic rings. The number of thiazole rings is 2. The molecule has 0 saturated carbocycles. The monoisotopic (exact) mass is 850 g/mol. The second kappa shape index (κ2) is 17.9. The van der Waals surface area contributed by atoms with Gasteiger partial charge in [0.05, 0.1) is 59.7 Å². The lowest BCUT2D eigenvalue weighted by Gasteiger charge is -2.13. The largest absolute Gasteiger partial charge is 0.493 e. The quantitative estimate of drug-likeness (QED) is 0.0630. The third kappa shape index (κ3) is 8.78. The molecule has 0 spiro atoms. The van der Waals surface area contributed by atoms with E-state index in [-0.39, 0.29) is 39.3 Å². The van der Waals surface area contributed by atoms with Crippen LogP contribution in [0.1, 0.15) is 37.8 Å². The first-order valence-corrected chi connectivity index (χ1v) is 18.9. The maximum absolute atomic E-state index is 13.4. The number of benzene rings is 3. The number of ether oxygens (including phenoxy) is 6. The molecule has 0 aliphatic carbocycles. The van der Waals surface area contributed by atoms with Crippen molar-refractivity contribution in [2.24, 2.45) is 0 Å². The van der Waals surface area contributed by atoms with Crippen molar-refractivity contribution in [1.82, 2.24) is 18.8 Å². The summed E-state index contributed by atoms with van der Waals surface area (Å²) in [5.74, 6) is 0.954. The topological polar surface area (TPSA) is 124 Å². The number of hydrogen-bond donors (Lipinski definition) is 0. The van der Waals surface area contributed by atoms with Crippen molar-refractivity contribution in [2.45, 2.75) is 6.18 Å². The molecule has 0 aliphatic heterocycles. The molecule has 0 atom stereocenters. The van der Waals surface area contributed by atoms with Crippen molar-refractivity contribution in [3.05, 3.63) is 118 Å². The molecule has 3 aromatic carbocycles. The van der Waals surface area contributed by atoms with E-state index in [2.05, 4.69) is 9.97 Å². The number of allylic oxidation sites excluding steroid dienone is 2. The van der Waals surface area contributed by atoms with Crippen molar-refractivity contribution in [1.29, 1.82) is 0 Å². The van der Waals surface area contributed by atoms with E-state index in [1.165, 1.54) is 94.9 Å². The normalized spacial score (nSPS) is 11.6. The van der Waals surface area contributed by atoms with Crippen molar-refractivity contribution in [2.75, 3.05) is 42.7 Å². The molecule has 59 heavy (non-hydrogen) atoms. The van der Waals surface area contributed by atoms with E-state index in [9.17, 15) is 27.2 Å². The molecule has 18 heteroatoms. The zero-order chi connectivity index (χ0) is 42.4. The third-order valence-electron chi connectivity index (χ3n) is 8.67. The van der Waals surface area contributed by atoms with Gasteiger partial charge in [-0.1, -0.05) is 0 Å². The highest BCUT2D eigenvalue weighted by Gasteiger charge is 2.37. The lowest BCUT2D eigenvalue weighted by atomic mass is 10.1. The number of ketones is 2. The molecule has 4 aromatic heterocycles. The van der Waals surface area contributed by atoms with Gasteiger partial charge in [-0.2, -0.15) is 13.2 Å². The summed E-state index contributed by atoms with van der Waals surface area (Å²) in [5.41, 5.74) is 1.45. The minimum absolute atomic E-state index is 0.172. The van der Waals surface area contributed by atoms with Gasteiger partial charge in [-0.15, -0.1) is 22.7 Å². The minimum atomic E-state index is -4.64. The molecule has 0 aliphatic rings. The molecular weight excluding hydrogens is 817 g/mol. The van der Waals surface area contributed by atoms with Gasteiger partial charge in [0.1, 0.15) is 5.82 Å². The number of aromatic nitrogens is 4. The van der Waals surface area contributed by atoms with Gasteiger partial charge in [-0.3, -0.25) is 18.4 Å². The van der Waals surface area contributed by atoms with Gasteiger partial charge in [0, 0.05) is 39.8 Å². The number of halogens is 4. The van der Waals surface area contributed by atoms with Gasteiger partial charge in [-0.25, -0.2) is 14.4 Å². The Kier molecular flexibility index (Phi) is 12.7. The van der Waals surface area contributed by atoms with Crippen molar-refractivity contribution in [3.8, 4) is 45.8 Å². The molecule has 4 heterocycles. The summed E-state index contributed by atoms with van der Waals surface area (Å²) in [7, 11) is 8.72. The molecule has 0 radical (unpaired) electrons. The average molecular weight is 851 g/mol. The Morgan fingerprint density at radius 3 is 1.47 bits per heavy atom. The van der Waals surface area contributed by atoms with E-state index >= 15 is 0 Å². The van der Waals surface area contributed by atoms with E-state index in [0.29, 0.717) is 34.3 Å². The van der Waals surface area contributed by atoms with Gasteiger partial charge in [0.25, 0.3) is 0 Å². The predicted molar refractivity (Wildman–Crippen MR) is 215 cm³/mol. The lowest BCUT2D eigenvalue weighted by Crippen LogP contribution is -2.08. The molecule has 0 unspecified atom stereocenters. The minimum Gasteiger partial charge on any atom is -0.493 e. The van der Waals surface area contributed by atoms with Gasteiger partial charge in [0.2, 0.25) is 11.5 Å². The first kappa shape index (κ1) is 42.0. The zero-order valence-electron chi connectivity index (χ0n) is 32.1. The Labute approximate surface area is 342 Å². The third-order valence-corrected chi connectivity index (χ3v) is 10.2. The molecule has 7 rings (SSSR count). The van der Waals surface area contributed by atoms with Crippen LogP contribution < -0.4 is 28.4 Å². The standard InChI is InChI=1S/C23H19FN2O4S.C18H15F3N2O4S/c1-28-19-12-15(13-20(29-2)22(19)30-3)18(27)9-8-17-21(14-4-6-16(24)7-5-14)25-23-26(17)10-11-31-23;1-25-13-8-10(9-14(26-2)15(13)27-3)12(24)5-4-11-16(18(19,20)21)22-17-23(11)6-7-28-17/h4-13H,1-3H3;4-9H,1-3H3/b9-8+;5-4+. The van der Waals surface area contributed by atoms with E-state index in [1.807, 2.05) is 16.0 Å². The number of hydrogen-bond acceptors (Lipinski definition) is 12. The van der Waals surface area contributed by atoms with Crippen LogP contribution in [0.2, 0.25) is 0 Å². The maximum Gasteiger partial charge on any atom is 0.435 e. The number of methoxy groups -OCH3 is 6. The van der Waals surface area contributed by atoms with E-state index in [1.54, 1.807) is 35.7 Å². The maximum atomic E-state index is 13.4. The molecule has 12 nitrogen and oxygen atoms in total. The number of fused-ring (bicyclic) bond motifs is 2. The van der Waals surface area contributed by atoms with Crippen molar-refractivity contribution >= 4 is 56.3 Å². The fraction of sp³-hybridized carbons (Fsp3) is 0.171. The van der Waals surface area contributed by atoms with Gasteiger partial charge >= 0.3 is 6.18 Å². The zero-order valence-corrected chi connectivity index (χ0v) is 33.8. The first-order chi connectivity index (χ1) is 28.3. The number of alkyl halides is 3. The second-order valence-electron chi connectivity index (χ2n) is 12.0. The summed E-state index contributed by atoms with van der Waals surface area (Å²) < 4.78 is 87.8. The second-order valence-corrected chi connectivity index (χ2v) is 13.8. The Balaban J connectivity index is 0.000000199. The Bertz CT molecular complexity index is 2640. The number of nitrogens with zero attached hydrogens (tertiary/aromatic N) is 4. The van der Waals surface area contributed by atoms with Crippen LogP contribution in [-0.4, -0.2) is 73.0 Å². The smallest absolute Gasteiger partial charge is 0.435 e. The number of rotatable bonds is 13. The highest BCUT2D eigenvalue weighted by molar-refractivity contribution is 7.15. The summed E-state index contributed by atoms with van der Waals surface area (Å²) in [6.07, 6.45) is 4.03. The fourth-order valence-electron chi connectivity index (χ4n) is 5.90. The fourth-order valence-corrected chi connectivity index (χ4v) is 7.34. The van der Waals surface area contributed by atoms with Crippen LogP contribution >= 0.6 is 22.7 Å². The van der Waals surface area contributed by atoms with Gasteiger partial charge in [0.15, 0.2) is 50.2 Å². The number of carbonyl (C=O) groups excluding carboxylic acids is 2. The van der Waals surface area contributed by atoms with E-state index < -0.39 is 17.7 Å². The molecule has 0 N–H and O–H groups in total. The number of carbonyl (C=O) groups is 2. The van der Waals surface area contributed by atoms with Crippen LogP contribution in [0.15, 0.2) is 83.8 Å². The molecule has 306 valence electrons. The molecule has 0 saturated heterocycles. The SMILES string of the molecule is COc1cc(C(=O)/C=C/c2c(-c3ccc(F)cc3)nc3sccn23)cc(OC)c1OC.COc1cc(C(=O)/C=C/c2c(C(F)(F)F)nc3sccn23)cc(OC)c1OC. The predicted octanol–water partition coefficient (Wildman–Crippen LogP) is 9.46. The van der Waals surface area contributed by atoms with Crippen LogP contribution in [0.5, 0.6) is 34.5 Å². The van der Waals surface area contributed by atoms with Crippen LogP contribution in [0.25, 0.3) is 33.3 Å². The van der Waals surface area contributed by atoms with Crippen LogP contribution in [0.4, 0.5) is 17.6 Å². The Morgan fingerprint density at radius 2 is 1.05 bits per heavy atom. The van der Waals surface area contributed by atoms with Crippen LogP contribution in [0.3, 0.4) is 0 Å². The molecule has 0 bridgehead atoms. The van der Waals surface area contributed by atoms with Crippen molar-refractivity contribution in [3.63, 3.8) is 0 Å². The highest BCUT2D eigenvalue weighted by atomic mass is 32.1. The average Bonchev–Trinajstić information content (AvgIpc) is 4.04. The van der Waals surface area contributed by atoms with Gasteiger partial charge < -0.3 is 28.4 Å². The van der Waals surface area contributed by atoms with Crippen LogP contribution in [-0.2, 0) is 6.18 Å². The lowest BCUT2D eigenvalue weighted by molar-refractivity contribution is -0.140. The van der Waals surface area contributed by atoms with Crippen LogP contribution in [0, 0.1) is 5.82 Å². The van der Waals surface area contributed by atoms with E-state index in [4.69, 9.17) is 28.4 Å². The summed E-state index contributed by atoms with van der Waals surface area (Å²) in [4.78, 5) is 34.7. The Morgan fingerprint density at radius 1 is 0.627 bits per heavy atom.